The average molecular weight is 431 g/mol. The number of urea groups is 1. The molecule has 1 N–H and O–H groups in total. The quantitative estimate of drug-likeness (QED) is 0.791. The number of likely N-dealkylation sites (tertiary alicyclic amines) is 1. The van der Waals surface area contributed by atoms with Crippen LogP contribution in [0.5, 0.6) is 0 Å². The Hall–Kier alpha value is -2.15. The third-order valence-electron chi connectivity index (χ3n) is 7.29. The van der Waals surface area contributed by atoms with Crippen LogP contribution in [0.15, 0.2) is 24.3 Å². The van der Waals surface area contributed by atoms with Crippen LogP contribution in [-0.4, -0.2) is 71.9 Å². The Morgan fingerprint density at radius 1 is 0.903 bits per heavy atom. The maximum Gasteiger partial charge on any atom is 0.321 e. The number of benzene rings is 1. The number of rotatable bonds is 4. The lowest BCUT2D eigenvalue weighted by Crippen LogP contribution is -2.59. The molecule has 3 amide bonds. The number of anilines is 1. The van der Waals surface area contributed by atoms with E-state index in [9.17, 15) is 14.0 Å². The van der Waals surface area contributed by atoms with Gasteiger partial charge in [-0.05, 0) is 61.8 Å². The monoisotopic (exact) mass is 430 g/mol. The first kappa shape index (κ1) is 22.1. The molecule has 3 fully saturated rings. The van der Waals surface area contributed by atoms with E-state index in [-0.39, 0.29) is 17.9 Å². The van der Waals surface area contributed by atoms with Crippen LogP contribution in [0.2, 0.25) is 0 Å². The van der Waals surface area contributed by atoms with Gasteiger partial charge in [-0.15, -0.1) is 0 Å². The zero-order valence-electron chi connectivity index (χ0n) is 18.6. The summed E-state index contributed by atoms with van der Waals surface area (Å²) in [5.74, 6) is 1.13. The number of nitrogens with one attached hydrogen (secondary N) is 1. The Morgan fingerprint density at radius 2 is 1.52 bits per heavy atom. The number of piperazine rings is 1. The third-order valence-corrected chi connectivity index (χ3v) is 7.29. The Kier molecular flexibility index (Phi) is 7.10. The first-order valence-corrected chi connectivity index (χ1v) is 11.9. The minimum absolute atomic E-state index is 0.0433. The Bertz CT molecular complexity index is 749. The van der Waals surface area contributed by atoms with E-state index in [0.29, 0.717) is 49.6 Å². The van der Waals surface area contributed by atoms with E-state index in [1.54, 1.807) is 17.0 Å². The minimum Gasteiger partial charge on any atom is -0.341 e. The normalized spacial score (nSPS) is 22.5. The summed E-state index contributed by atoms with van der Waals surface area (Å²) in [5.41, 5.74) is 0.590. The van der Waals surface area contributed by atoms with Crippen molar-refractivity contribution in [3.05, 3.63) is 30.1 Å². The first-order valence-electron chi connectivity index (χ1n) is 11.9. The number of amides is 3. The lowest BCUT2D eigenvalue weighted by Gasteiger charge is -2.43. The van der Waals surface area contributed by atoms with Gasteiger partial charge in [0.25, 0.3) is 0 Å². The van der Waals surface area contributed by atoms with Crippen LogP contribution in [0, 0.1) is 17.7 Å². The van der Waals surface area contributed by atoms with Crippen LogP contribution in [0.25, 0.3) is 0 Å². The van der Waals surface area contributed by atoms with Gasteiger partial charge in [0.15, 0.2) is 0 Å². The topological polar surface area (TPSA) is 55.9 Å². The van der Waals surface area contributed by atoms with Crippen molar-refractivity contribution >= 4 is 17.6 Å². The van der Waals surface area contributed by atoms with E-state index in [4.69, 9.17) is 0 Å². The molecule has 2 saturated heterocycles. The Balaban J connectivity index is 1.36. The molecular formula is C24H35FN4O2. The van der Waals surface area contributed by atoms with E-state index in [0.717, 1.165) is 38.8 Å². The van der Waals surface area contributed by atoms with Crippen LogP contribution in [0.1, 0.15) is 45.4 Å². The fraction of sp³-hybridized carbons (Fsp3) is 0.667. The van der Waals surface area contributed by atoms with Gasteiger partial charge in [0.1, 0.15) is 5.82 Å². The molecule has 2 heterocycles. The van der Waals surface area contributed by atoms with Crippen molar-refractivity contribution in [1.82, 2.24) is 14.7 Å². The highest BCUT2D eigenvalue weighted by molar-refractivity contribution is 5.89. The standard InChI is InChI=1S/C24H35FN4O2/c1-18-10-12-28(13-11-18)23(30)22(19-4-2-3-5-19)27-14-16-29(17-15-27)24(31)26-21-8-6-20(25)7-9-21/h6-9,18-19,22H,2-5,10-17H2,1H3,(H,26,31). The molecule has 0 aromatic heterocycles. The second-order valence-corrected chi connectivity index (χ2v) is 9.46. The second-order valence-electron chi connectivity index (χ2n) is 9.46. The van der Waals surface area contributed by atoms with Gasteiger partial charge in [-0.3, -0.25) is 9.69 Å². The zero-order chi connectivity index (χ0) is 21.8. The number of nitrogens with zero attached hydrogens (tertiary/aromatic N) is 3. The van der Waals surface area contributed by atoms with E-state index < -0.39 is 0 Å². The molecule has 4 rings (SSSR count). The smallest absolute Gasteiger partial charge is 0.321 e. The molecule has 1 atom stereocenters. The minimum atomic E-state index is -0.322. The van der Waals surface area contributed by atoms with Crippen LogP contribution in [0.4, 0.5) is 14.9 Å². The SMILES string of the molecule is CC1CCN(C(=O)C(C2CCCC2)N2CCN(C(=O)Nc3ccc(F)cc3)CC2)CC1. The summed E-state index contributed by atoms with van der Waals surface area (Å²) in [6.45, 7) is 6.65. The number of halogens is 1. The van der Waals surface area contributed by atoms with E-state index >= 15 is 0 Å². The van der Waals surface area contributed by atoms with Crippen LogP contribution in [0.3, 0.4) is 0 Å². The second kappa shape index (κ2) is 9.98. The fourth-order valence-electron chi connectivity index (χ4n) is 5.28. The molecule has 0 bridgehead atoms. The Labute approximate surface area is 184 Å². The highest BCUT2D eigenvalue weighted by atomic mass is 19.1. The summed E-state index contributed by atoms with van der Waals surface area (Å²) in [6, 6.07) is 5.60. The first-order chi connectivity index (χ1) is 15.0. The summed E-state index contributed by atoms with van der Waals surface area (Å²) in [6.07, 6.45) is 6.88. The zero-order valence-corrected chi connectivity index (χ0v) is 18.6. The molecule has 1 aromatic carbocycles. The Morgan fingerprint density at radius 3 is 2.13 bits per heavy atom. The summed E-state index contributed by atoms with van der Waals surface area (Å²) in [4.78, 5) is 32.4. The molecule has 31 heavy (non-hydrogen) atoms. The van der Waals surface area contributed by atoms with Gasteiger partial charge in [0.05, 0.1) is 6.04 Å². The number of piperidine rings is 1. The molecular weight excluding hydrogens is 395 g/mol. The van der Waals surface area contributed by atoms with Gasteiger partial charge >= 0.3 is 6.03 Å². The van der Waals surface area contributed by atoms with Gasteiger partial charge in [0.2, 0.25) is 5.91 Å². The van der Waals surface area contributed by atoms with Crippen LogP contribution < -0.4 is 5.32 Å². The van der Waals surface area contributed by atoms with Crippen molar-refractivity contribution < 1.29 is 14.0 Å². The van der Waals surface area contributed by atoms with Crippen molar-refractivity contribution in [1.29, 1.82) is 0 Å². The van der Waals surface area contributed by atoms with Crippen molar-refractivity contribution in [2.45, 2.75) is 51.5 Å². The number of carbonyl (C=O) groups excluding carboxylic acids is 2. The molecule has 1 aromatic rings. The summed E-state index contributed by atoms with van der Waals surface area (Å²) < 4.78 is 13.1. The maximum absolute atomic E-state index is 13.5. The van der Waals surface area contributed by atoms with E-state index in [1.807, 2.05) is 0 Å². The lowest BCUT2D eigenvalue weighted by atomic mass is 9.92. The highest BCUT2D eigenvalue weighted by Crippen LogP contribution is 2.32. The molecule has 3 aliphatic rings. The van der Waals surface area contributed by atoms with Crippen molar-refractivity contribution in [3.63, 3.8) is 0 Å². The molecule has 0 spiro atoms. The average Bonchev–Trinajstić information content (AvgIpc) is 3.31. The van der Waals surface area contributed by atoms with Crippen molar-refractivity contribution in [3.8, 4) is 0 Å². The molecule has 1 saturated carbocycles. The largest absolute Gasteiger partial charge is 0.341 e. The molecule has 7 heteroatoms. The molecule has 1 aliphatic carbocycles. The van der Waals surface area contributed by atoms with Gasteiger partial charge in [-0.25, -0.2) is 9.18 Å². The van der Waals surface area contributed by atoms with E-state index in [1.165, 1.54) is 25.0 Å². The van der Waals surface area contributed by atoms with Gasteiger partial charge in [0, 0.05) is 45.0 Å². The van der Waals surface area contributed by atoms with Gasteiger partial charge < -0.3 is 15.1 Å². The van der Waals surface area contributed by atoms with Gasteiger partial charge in [-0.2, -0.15) is 0 Å². The number of carbonyl (C=O) groups is 2. The molecule has 1 unspecified atom stereocenters. The van der Waals surface area contributed by atoms with Crippen molar-refractivity contribution in [2.24, 2.45) is 11.8 Å². The summed E-state index contributed by atoms with van der Waals surface area (Å²) in [5, 5.41) is 2.84. The summed E-state index contributed by atoms with van der Waals surface area (Å²) in [7, 11) is 0. The predicted octanol–water partition coefficient (Wildman–Crippen LogP) is 3.79. The third kappa shape index (κ3) is 5.37. The lowest BCUT2D eigenvalue weighted by molar-refractivity contribution is -0.141. The van der Waals surface area contributed by atoms with Crippen LogP contribution >= 0.6 is 0 Å². The molecule has 2 aliphatic heterocycles. The summed E-state index contributed by atoms with van der Waals surface area (Å²) >= 11 is 0. The molecule has 170 valence electrons. The van der Waals surface area contributed by atoms with E-state index in [2.05, 4.69) is 22.0 Å². The van der Waals surface area contributed by atoms with Crippen molar-refractivity contribution in [2.75, 3.05) is 44.6 Å². The molecule has 0 radical (unpaired) electrons. The molecule has 6 nitrogen and oxygen atoms in total. The van der Waals surface area contributed by atoms with Gasteiger partial charge in [-0.1, -0.05) is 19.8 Å². The fourth-order valence-corrected chi connectivity index (χ4v) is 5.28. The van der Waals surface area contributed by atoms with Crippen LogP contribution in [-0.2, 0) is 4.79 Å². The maximum atomic E-state index is 13.5. The highest BCUT2D eigenvalue weighted by Gasteiger charge is 2.39. The number of hydrogen-bond acceptors (Lipinski definition) is 3. The predicted molar refractivity (Wildman–Crippen MR) is 119 cm³/mol. The number of hydrogen-bond donors (Lipinski definition) is 1.